The minimum Gasteiger partial charge on any atom is -0.350 e. The van der Waals surface area contributed by atoms with E-state index in [1.54, 1.807) is 24.3 Å². The van der Waals surface area contributed by atoms with Crippen LogP contribution in [0, 0.1) is 5.92 Å². The van der Waals surface area contributed by atoms with Crippen LogP contribution in [0.4, 0.5) is 0 Å². The molecule has 0 aliphatic heterocycles. The van der Waals surface area contributed by atoms with Crippen molar-refractivity contribution in [3.05, 3.63) is 34.9 Å². The maximum Gasteiger partial charge on any atom is 0.251 e. The predicted molar refractivity (Wildman–Crippen MR) is 67.8 cm³/mol. The monoisotopic (exact) mass is 239 g/mol. The summed E-state index contributed by atoms with van der Waals surface area (Å²) in [5.41, 5.74) is 0.614. The van der Waals surface area contributed by atoms with Gasteiger partial charge in [0.1, 0.15) is 0 Å². The Bertz CT molecular complexity index is 363. The molecule has 16 heavy (non-hydrogen) atoms. The van der Waals surface area contributed by atoms with Crippen LogP contribution in [0.3, 0.4) is 0 Å². The third-order valence-electron chi connectivity index (χ3n) is 2.29. The fraction of sp³-hybridized carbons (Fsp3) is 0.462. The Morgan fingerprint density at radius 3 is 2.62 bits per heavy atom. The Labute approximate surface area is 102 Å². The molecule has 1 N–H and O–H groups in total. The van der Waals surface area contributed by atoms with E-state index in [2.05, 4.69) is 19.2 Å². The molecular formula is C13H18ClNO. The van der Waals surface area contributed by atoms with E-state index in [0.29, 0.717) is 16.5 Å². The molecule has 0 radical (unpaired) electrons. The quantitative estimate of drug-likeness (QED) is 0.856. The molecule has 1 amide bonds. The van der Waals surface area contributed by atoms with Crippen molar-refractivity contribution in [3.8, 4) is 0 Å². The van der Waals surface area contributed by atoms with Crippen LogP contribution in [0.1, 0.15) is 37.6 Å². The van der Waals surface area contributed by atoms with Crippen LogP contribution in [0.2, 0.25) is 5.02 Å². The molecule has 0 spiro atoms. The van der Waals surface area contributed by atoms with Crippen molar-refractivity contribution in [2.75, 3.05) is 0 Å². The van der Waals surface area contributed by atoms with Crippen molar-refractivity contribution >= 4 is 17.5 Å². The summed E-state index contributed by atoms with van der Waals surface area (Å²) in [6.45, 7) is 6.30. The molecule has 1 atom stereocenters. The first-order valence-corrected chi connectivity index (χ1v) is 5.93. The summed E-state index contributed by atoms with van der Waals surface area (Å²) in [6, 6.07) is 7.18. The molecular weight excluding hydrogens is 222 g/mol. The van der Waals surface area contributed by atoms with Gasteiger partial charge in [-0.2, -0.15) is 0 Å². The van der Waals surface area contributed by atoms with Gasteiger partial charge in [0.15, 0.2) is 0 Å². The number of benzene rings is 1. The molecule has 0 fully saturated rings. The Morgan fingerprint density at radius 1 is 1.38 bits per heavy atom. The molecule has 0 saturated carbocycles. The van der Waals surface area contributed by atoms with E-state index in [1.165, 1.54) is 0 Å². The molecule has 0 aromatic heterocycles. The second kappa shape index (κ2) is 5.90. The maximum atomic E-state index is 11.8. The normalized spacial score (nSPS) is 12.6. The van der Waals surface area contributed by atoms with Crippen molar-refractivity contribution in [1.29, 1.82) is 0 Å². The van der Waals surface area contributed by atoms with E-state index in [9.17, 15) is 4.79 Å². The van der Waals surface area contributed by atoms with Crippen molar-refractivity contribution in [2.24, 2.45) is 5.92 Å². The molecule has 0 heterocycles. The molecule has 3 heteroatoms. The van der Waals surface area contributed by atoms with Gasteiger partial charge < -0.3 is 5.32 Å². The van der Waals surface area contributed by atoms with E-state index in [4.69, 9.17) is 11.6 Å². The second-order valence-electron chi connectivity index (χ2n) is 4.51. The fourth-order valence-electron chi connectivity index (χ4n) is 1.70. The zero-order valence-corrected chi connectivity index (χ0v) is 10.7. The average Bonchev–Trinajstić information content (AvgIpc) is 2.16. The standard InChI is InChI=1S/C13H18ClNO/c1-9(2)7-10(3)15-13(16)11-5-4-6-12(14)8-11/h4-6,8-10H,7H2,1-3H3,(H,15,16). The number of nitrogens with one attached hydrogen (secondary N) is 1. The maximum absolute atomic E-state index is 11.8. The lowest BCUT2D eigenvalue weighted by Gasteiger charge is -2.15. The van der Waals surface area contributed by atoms with Crippen molar-refractivity contribution < 1.29 is 4.79 Å². The summed E-state index contributed by atoms with van der Waals surface area (Å²) in [5.74, 6) is 0.519. The molecule has 0 bridgehead atoms. The summed E-state index contributed by atoms with van der Waals surface area (Å²) in [7, 11) is 0. The third-order valence-corrected chi connectivity index (χ3v) is 2.52. The highest BCUT2D eigenvalue weighted by Crippen LogP contribution is 2.11. The number of carbonyl (C=O) groups excluding carboxylic acids is 1. The van der Waals surface area contributed by atoms with E-state index < -0.39 is 0 Å². The van der Waals surface area contributed by atoms with E-state index in [-0.39, 0.29) is 11.9 Å². The van der Waals surface area contributed by atoms with E-state index in [1.807, 2.05) is 6.92 Å². The van der Waals surface area contributed by atoms with Gasteiger partial charge in [0.2, 0.25) is 0 Å². The summed E-state index contributed by atoms with van der Waals surface area (Å²) in [4.78, 5) is 11.8. The van der Waals surface area contributed by atoms with Crippen LogP contribution in [-0.2, 0) is 0 Å². The molecule has 1 rings (SSSR count). The number of hydrogen-bond acceptors (Lipinski definition) is 1. The first-order valence-electron chi connectivity index (χ1n) is 5.55. The van der Waals surface area contributed by atoms with Gasteiger partial charge in [-0.1, -0.05) is 31.5 Å². The van der Waals surface area contributed by atoms with Gasteiger partial charge in [0.25, 0.3) is 5.91 Å². The first-order chi connectivity index (χ1) is 7.49. The van der Waals surface area contributed by atoms with Crippen LogP contribution < -0.4 is 5.32 Å². The van der Waals surface area contributed by atoms with Gasteiger partial charge in [-0.05, 0) is 37.5 Å². The van der Waals surface area contributed by atoms with E-state index in [0.717, 1.165) is 6.42 Å². The van der Waals surface area contributed by atoms with Crippen LogP contribution in [-0.4, -0.2) is 11.9 Å². The zero-order valence-electron chi connectivity index (χ0n) is 9.96. The number of amides is 1. The molecule has 88 valence electrons. The fourth-order valence-corrected chi connectivity index (χ4v) is 1.89. The van der Waals surface area contributed by atoms with Gasteiger partial charge in [0, 0.05) is 16.6 Å². The van der Waals surface area contributed by atoms with Gasteiger partial charge in [-0.25, -0.2) is 0 Å². The highest BCUT2D eigenvalue weighted by atomic mass is 35.5. The Kier molecular flexibility index (Phi) is 4.81. The number of halogens is 1. The molecule has 1 unspecified atom stereocenters. The summed E-state index contributed by atoms with van der Waals surface area (Å²) < 4.78 is 0. The van der Waals surface area contributed by atoms with Gasteiger partial charge in [-0.3, -0.25) is 4.79 Å². The zero-order chi connectivity index (χ0) is 12.1. The molecule has 2 nitrogen and oxygen atoms in total. The lowest BCUT2D eigenvalue weighted by Crippen LogP contribution is -2.33. The molecule has 0 saturated heterocycles. The van der Waals surface area contributed by atoms with Gasteiger partial charge >= 0.3 is 0 Å². The Hall–Kier alpha value is -1.02. The number of rotatable bonds is 4. The lowest BCUT2D eigenvalue weighted by molar-refractivity contribution is 0.0936. The van der Waals surface area contributed by atoms with Gasteiger partial charge in [-0.15, -0.1) is 0 Å². The Balaban J connectivity index is 2.59. The topological polar surface area (TPSA) is 29.1 Å². The highest BCUT2D eigenvalue weighted by Gasteiger charge is 2.10. The predicted octanol–water partition coefficient (Wildman–Crippen LogP) is 3.50. The van der Waals surface area contributed by atoms with Crippen LogP contribution >= 0.6 is 11.6 Å². The smallest absolute Gasteiger partial charge is 0.251 e. The van der Waals surface area contributed by atoms with Crippen molar-refractivity contribution in [3.63, 3.8) is 0 Å². The average molecular weight is 240 g/mol. The summed E-state index contributed by atoms with van der Waals surface area (Å²) >= 11 is 5.83. The second-order valence-corrected chi connectivity index (χ2v) is 4.95. The molecule has 0 aliphatic carbocycles. The lowest BCUT2D eigenvalue weighted by atomic mass is 10.0. The third kappa shape index (κ3) is 4.23. The molecule has 1 aromatic rings. The SMILES string of the molecule is CC(C)CC(C)NC(=O)c1cccc(Cl)c1. The van der Waals surface area contributed by atoms with Crippen molar-refractivity contribution in [1.82, 2.24) is 5.32 Å². The summed E-state index contributed by atoms with van der Waals surface area (Å²) in [5, 5.41) is 3.54. The summed E-state index contributed by atoms with van der Waals surface area (Å²) in [6.07, 6.45) is 0.978. The minimum absolute atomic E-state index is 0.0596. The number of hydrogen-bond donors (Lipinski definition) is 1. The minimum atomic E-state index is -0.0596. The number of carbonyl (C=O) groups is 1. The highest BCUT2D eigenvalue weighted by molar-refractivity contribution is 6.30. The molecule has 0 aliphatic rings. The first kappa shape index (κ1) is 13.0. The largest absolute Gasteiger partial charge is 0.350 e. The van der Waals surface area contributed by atoms with Crippen LogP contribution in [0.25, 0.3) is 0 Å². The van der Waals surface area contributed by atoms with E-state index >= 15 is 0 Å². The molecule has 1 aromatic carbocycles. The van der Waals surface area contributed by atoms with Gasteiger partial charge in [0.05, 0.1) is 0 Å². The van der Waals surface area contributed by atoms with Crippen molar-refractivity contribution in [2.45, 2.75) is 33.2 Å². The van der Waals surface area contributed by atoms with Crippen LogP contribution in [0.5, 0.6) is 0 Å². The Morgan fingerprint density at radius 2 is 2.06 bits per heavy atom. The van der Waals surface area contributed by atoms with Crippen LogP contribution in [0.15, 0.2) is 24.3 Å².